The maximum atomic E-state index is 12.3. The van der Waals surface area contributed by atoms with Crippen LogP contribution in [0.25, 0.3) is 10.3 Å². The van der Waals surface area contributed by atoms with Crippen molar-refractivity contribution in [1.82, 2.24) is 20.3 Å². The largest absolute Gasteiger partial charge is 0.396 e. The summed E-state index contributed by atoms with van der Waals surface area (Å²) in [5.74, 6) is -0.234. The van der Waals surface area contributed by atoms with Gasteiger partial charge in [-0.05, 0) is 18.6 Å². The normalized spacial score (nSPS) is 10.7. The average Bonchev–Trinajstić information content (AvgIpc) is 2.84. The quantitative estimate of drug-likeness (QED) is 0.770. The highest BCUT2D eigenvalue weighted by Gasteiger charge is 2.17. The number of carbonyl (C=O) groups is 1. The highest BCUT2D eigenvalue weighted by atomic mass is 32.1. The number of hydrogen-bond acceptors (Lipinski definition) is 6. The van der Waals surface area contributed by atoms with Crippen LogP contribution in [0.2, 0.25) is 0 Å². The Balaban J connectivity index is 1.81. The van der Waals surface area contributed by atoms with Crippen molar-refractivity contribution in [3.63, 3.8) is 0 Å². The Bertz CT molecular complexity index is 814. The van der Waals surface area contributed by atoms with Crippen LogP contribution in [0.1, 0.15) is 20.9 Å². The van der Waals surface area contributed by atoms with E-state index in [0.717, 1.165) is 11.3 Å². The Kier molecular flexibility index (Phi) is 3.49. The zero-order valence-electron chi connectivity index (χ0n) is 11.3. The van der Waals surface area contributed by atoms with Crippen molar-refractivity contribution in [2.45, 2.75) is 13.5 Å². The van der Waals surface area contributed by atoms with Gasteiger partial charge < -0.3 is 11.1 Å². The van der Waals surface area contributed by atoms with Crippen molar-refractivity contribution in [1.29, 1.82) is 0 Å². The second kappa shape index (κ2) is 5.45. The average molecular weight is 299 g/mol. The Morgan fingerprint density at radius 3 is 2.86 bits per heavy atom. The van der Waals surface area contributed by atoms with Crippen LogP contribution in [0, 0.1) is 6.92 Å². The molecule has 0 bridgehead atoms. The predicted octanol–water partition coefficient (Wildman–Crippen LogP) is 1.91. The fraction of sp³-hybridized carbons (Fsp3) is 0.143. The van der Waals surface area contributed by atoms with Gasteiger partial charge in [0.15, 0.2) is 0 Å². The summed E-state index contributed by atoms with van der Waals surface area (Å²) in [4.78, 5) is 25.9. The van der Waals surface area contributed by atoms with E-state index in [1.807, 2.05) is 19.1 Å². The van der Waals surface area contributed by atoms with E-state index in [0.29, 0.717) is 27.5 Å². The number of hydrogen-bond donors (Lipinski definition) is 2. The number of rotatable bonds is 3. The Labute approximate surface area is 125 Å². The summed E-state index contributed by atoms with van der Waals surface area (Å²) in [5, 5.41) is 2.83. The lowest BCUT2D eigenvalue weighted by Crippen LogP contribution is -2.23. The van der Waals surface area contributed by atoms with Crippen molar-refractivity contribution in [2.75, 3.05) is 5.73 Å². The molecule has 0 spiro atoms. The van der Waals surface area contributed by atoms with Gasteiger partial charge in [0.25, 0.3) is 5.91 Å². The molecule has 3 rings (SSSR count). The Morgan fingerprint density at radius 1 is 1.29 bits per heavy atom. The van der Waals surface area contributed by atoms with Crippen LogP contribution < -0.4 is 11.1 Å². The first-order valence-electron chi connectivity index (χ1n) is 6.34. The summed E-state index contributed by atoms with van der Waals surface area (Å²) in [6, 6.07) is 3.82. The van der Waals surface area contributed by atoms with Gasteiger partial charge in [0.1, 0.15) is 15.2 Å². The van der Waals surface area contributed by atoms with Crippen LogP contribution in [0.3, 0.4) is 0 Å². The number of amides is 1. The van der Waals surface area contributed by atoms with E-state index in [2.05, 4.69) is 20.3 Å². The first-order chi connectivity index (χ1) is 10.2. The van der Waals surface area contributed by atoms with Gasteiger partial charge in [-0.15, -0.1) is 11.3 Å². The molecule has 0 radical (unpaired) electrons. The minimum Gasteiger partial charge on any atom is -0.396 e. The number of aryl methyl sites for hydroxylation is 1. The van der Waals surface area contributed by atoms with Crippen molar-refractivity contribution < 1.29 is 4.79 Å². The predicted molar refractivity (Wildman–Crippen MR) is 82.0 cm³/mol. The van der Waals surface area contributed by atoms with Gasteiger partial charge in [-0.2, -0.15) is 0 Å². The topological polar surface area (TPSA) is 93.8 Å². The Hall–Kier alpha value is -2.54. The number of nitrogens with one attached hydrogen (secondary N) is 1. The molecule has 0 aromatic carbocycles. The second-order valence-electron chi connectivity index (χ2n) is 4.50. The molecule has 3 N–H and O–H groups in total. The molecule has 0 atom stereocenters. The highest BCUT2D eigenvalue weighted by molar-refractivity contribution is 7.21. The minimum atomic E-state index is -0.234. The number of pyridine rings is 1. The molecule has 0 saturated carbocycles. The van der Waals surface area contributed by atoms with E-state index in [1.165, 1.54) is 11.3 Å². The molecule has 0 aliphatic heterocycles. The summed E-state index contributed by atoms with van der Waals surface area (Å²) in [6.07, 6.45) is 4.84. The standard InChI is InChI=1S/C14H13N5OS/c1-8-3-2-4-16-9(8)7-19-13(20)12-10(15)11-14(21-12)18-6-5-17-11/h2-6H,7,15H2,1H3,(H,19,20). The van der Waals surface area contributed by atoms with Gasteiger partial charge in [0, 0.05) is 18.6 Å². The number of aromatic nitrogens is 3. The van der Waals surface area contributed by atoms with Crippen molar-refractivity contribution >= 4 is 33.3 Å². The van der Waals surface area contributed by atoms with Crippen LogP contribution in [-0.2, 0) is 6.54 Å². The molecule has 7 heteroatoms. The molecule has 6 nitrogen and oxygen atoms in total. The summed E-state index contributed by atoms with van der Waals surface area (Å²) in [7, 11) is 0. The van der Waals surface area contributed by atoms with Crippen LogP contribution in [0.4, 0.5) is 5.69 Å². The summed E-state index contributed by atoms with van der Waals surface area (Å²) < 4.78 is 0. The van der Waals surface area contributed by atoms with Crippen LogP contribution >= 0.6 is 11.3 Å². The number of nitrogen functional groups attached to an aromatic ring is 1. The number of carbonyl (C=O) groups excluding carboxylic acids is 1. The number of thiophene rings is 1. The third-order valence-corrected chi connectivity index (χ3v) is 4.21. The van der Waals surface area contributed by atoms with E-state index in [9.17, 15) is 4.79 Å². The monoisotopic (exact) mass is 299 g/mol. The lowest BCUT2D eigenvalue weighted by atomic mass is 10.2. The molecule has 1 amide bonds. The van der Waals surface area contributed by atoms with E-state index in [1.54, 1.807) is 18.6 Å². The van der Waals surface area contributed by atoms with Gasteiger partial charge in [-0.3, -0.25) is 9.78 Å². The van der Waals surface area contributed by atoms with Crippen LogP contribution in [0.5, 0.6) is 0 Å². The zero-order valence-corrected chi connectivity index (χ0v) is 12.1. The molecule has 0 aliphatic rings. The van der Waals surface area contributed by atoms with Gasteiger partial charge >= 0.3 is 0 Å². The molecule has 0 fully saturated rings. The molecule has 3 aromatic rings. The molecule has 0 unspecified atom stereocenters. The Morgan fingerprint density at radius 2 is 2.10 bits per heavy atom. The number of nitrogens with two attached hydrogens (primary N) is 1. The number of nitrogens with zero attached hydrogens (tertiary/aromatic N) is 3. The molecule has 3 heterocycles. The zero-order chi connectivity index (χ0) is 14.8. The smallest absolute Gasteiger partial charge is 0.263 e. The molecule has 106 valence electrons. The van der Waals surface area contributed by atoms with Crippen molar-refractivity contribution in [3.05, 3.63) is 46.9 Å². The molecular formula is C14H13N5OS. The first-order valence-corrected chi connectivity index (χ1v) is 7.16. The maximum Gasteiger partial charge on any atom is 0.263 e. The number of anilines is 1. The molecular weight excluding hydrogens is 286 g/mol. The fourth-order valence-electron chi connectivity index (χ4n) is 1.96. The maximum absolute atomic E-state index is 12.3. The minimum absolute atomic E-state index is 0.234. The van der Waals surface area contributed by atoms with E-state index < -0.39 is 0 Å². The summed E-state index contributed by atoms with van der Waals surface area (Å²) in [6.45, 7) is 2.32. The first kappa shape index (κ1) is 13.4. The van der Waals surface area contributed by atoms with E-state index in [-0.39, 0.29) is 5.91 Å². The number of fused-ring (bicyclic) bond motifs is 1. The SMILES string of the molecule is Cc1cccnc1CNC(=O)c1sc2nccnc2c1N. The summed E-state index contributed by atoms with van der Waals surface area (Å²) in [5.41, 5.74) is 8.78. The molecule has 21 heavy (non-hydrogen) atoms. The third kappa shape index (κ3) is 2.55. The molecule has 0 saturated heterocycles. The highest BCUT2D eigenvalue weighted by Crippen LogP contribution is 2.30. The fourth-order valence-corrected chi connectivity index (χ4v) is 2.90. The van der Waals surface area contributed by atoms with Crippen LogP contribution in [-0.4, -0.2) is 20.9 Å². The lowest BCUT2D eigenvalue weighted by molar-refractivity contribution is 0.0955. The van der Waals surface area contributed by atoms with Crippen molar-refractivity contribution in [3.8, 4) is 0 Å². The van der Waals surface area contributed by atoms with Gasteiger partial charge in [-0.25, -0.2) is 9.97 Å². The lowest BCUT2D eigenvalue weighted by Gasteiger charge is -2.06. The molecule has 0 aliphatic carbocycles. The van der Waals surface area contributed by atoms with Gasteiger partial charge in [0.2, 0.25) is 0 Å². The van der Waals surface area contributed by atoms with Crippen LogP contribution in [0.15, 0.2) is 30.7 Å². The third-order valence-electron chi connectivity index (χ3n) is 3.10. The van der Waals surface area contributed by atoms with E-state index in [4.69, 9.17) is 5.73 Å². The van der Waals surface area contributed by atoms with Crippen molar-refractivity contribution in [2.24, 2.45) is 0 Å². The second-order valence-corrected chi connectivity index (χ2v) is 5.50. The summed E-state index contributed by atoms with van der Waals surface area (Å²) >= 11 is 1.24. The van der Waals surface area contributed by atoms with Gasteiger partial charge in [0.05, 0.1) is 17.9 Å². The van der Waals surface area contributed by atoms with Gasteiger partial charge in [-0.1, -0.05) is 6.07 Å². The van der Waals surface area contributed by atoms with E-state index >= 15 is 0 Å². The molecule has 3 aromatic heterocycles.